The Kier molecular flexibility index (Phi) is 11.8. The lowest BCUT2D eigenvalue weighted by atomic mass is 10.1. The molecule has 0 amide bonds. The number of likely N-dealkylation sites (N-methyl/N-ethyl adjacent to an activating group) is 1. The lowest BCUT2D eigenvalue weighted by molar-refractivity contribution is 0.150. The van der Waals surface area contributed by atoms with Crippen molar-refractivity contribution >= 4 is 29.9 Å². The zero-order valence-electron chi connectivity index (χ0n) is 16.0. The second-order valence-electron chi connectivity index (χ2n) is 6.87. The van der Waals surface area contributed by atoms with Crippen LogP contribution in [0.1, 0.15) is 26.3 Å². The number of aliphatic imine (C=N–C) groups is 1. The summed E-state index contributed by atoms with van der Waals surface area (Å²) in [6, 6.07) is 7.95. The minimum atomic E-state index is -0.0899. The fourth-order valence-corrected chi connectivity index (χ4v) is 2.01. The molecule has 0 atom stereocenters. The number of nitrogens with one attached hydrogen (secondary N) is 1. The minimum absolute atomic E-state index is 0. The molecule has 0 radical (unpaired) electrons. The van der Waals surface area contributed by atoms with Crippen LogP contribution in [0.3, 0.4) is 0 Å². The molecule has 0 saturated heterocycles. The highest BCUT2D eigenvalue weighted by atomic mass is 127. The Balaban J connectivity index is 0.00000576. The van der Waals surface area contributed by atoms with Gasteiger partial charge in [0.1, 0.15) is 12.4 Å². The molecule has 25 heavy (non-hydrogen) atoms. The molecule has 0 unspecified atom stereocenters. The lowest BCUT2D eigenvalue weighted by Crippen LogP contribution is -2.44. The zero-order valence-corrected chi connectivity index (χ0v) is 18.4. The van der Waals surface area contributed by atoms with E-state index in [0.717, 1.165) is 31.0 Å². The van der Waals surface area contributed by atoms with Gasteiger partial charge in [-0.3, -0.25) is 0 Å². The Morgan fingerprint density at radius 3 is 2.56 bits per heavy atom. The van der Waals surface area contributed by atoms with E-state index < -0.39 is 0 Å². The first-order valence-electron chi connectivity index (χ1n) is 8.27. The number of nitrogens with two attached hydrogens (primary N) is 1. The number of benzene rings is 1. The van der Waals surface area contributed by atoms with Gasteiger partial charge >= 0.3 is 0 Å². The van der Waals surface area contributed by atoms with E-state index in [9.17, 15) is 0 Å². The van der Waals surface area contributed by atoms with E-state index in [-0.39, 0.29) is 29.5 Å². The van der Waals surface area contributed by atoms with Crippen LogP contribution in [0.25, 0.3) is 0 Å². The molecule has 3 N–H and O–H groups in total. The van der Waals surface area contributed by atoms with Gasteiger partial charge in [-0.1, -0.05) is 12.1 Å². The fourth-order valence-electron chi connectivity index (χ4n) is 2.01. The first kappa shape index (κ1) is 23.9. The van der Waals surface area contributed by atoms with Gasteiger partial charge in [0.15, 0.2) is 5.96 Å². The van der Waals surface area contributed by atoms with Crippen molar-refractivity contribution in [3.63, 3.8) is 0 Å². The summed E-state index contributed by atoms with van der Waals surface area (Å²) in [5, 5.41) is 3.15. The first-order valence-corrected chi connectivity index (χ1v) is 8.27. The number of rotatable bonds is 9. The molecule has 0 aliphatic heterocycles. The molecule has 144 valence electrons. The molecule has 1 rings (SSSR count). The molecule has 0 heterocycles. The van der Waals surface area contributed by atoms with Crippen molar-refractivity contribution in [3.8, 4) is 5.75 Å². The zero-order chi connectivity index (χ0) is 18.0. The molecule has 0 aliphatic rings. The molecule has 6 nitrogen and oxygen atoms in total. The molecule has 1 aromatic carbocycles. The summed E-state index contributed by atoms with van der Waals surface area (Å²) in [5.74, 6) is 1.30. The van der Waals surface area contributed by atoms with Crippen molar-refractivity contribution in [1.29, 1.82) is 0 Å². The SMILES string of the molecule is COCCN(C)CCOc1cccc(CN=C(N)NC(C)(C)C)c1.I. The fraction of sp³-hybridized carbons (Fsp3) is 0.611. The van der Waals surface area contributed by atoms with Gasteiger partial charge in [-0.15, -0.1) is 24.0 Å². The van der Waals surface area contributed by atoms with Crippen molar-refractivity contribution in [2.45, 2.75) is 32.9 Å². The number of nitrogens with zero attached hydrogens (tertiary/aromatic N) is 2. The number of guanidine groups is 1. The molecule has 0 saturated carbocycles. The lowest BCUT2D eigenvalue weighted by Gasteiger charge is -2.21. The van der Waals surface area contributed by atoms with E-state index in [1.54, 1.807) is 7.11 Å². The monoisotopic (exact) mass is 464 g/mol. The summed E-state index contributed by atoms with van der Waals surface area (Å²) < 4.78 is 10.9. The van der Waals surface area contributed by atoms with Gasteiger partial charge in [0.05, 0.1) is 13.2 Å². The molecule has 7 heteroatoms. The first-order chi connectivity index (χ1) is 11.3. The van der Waals surface area contributed by atoms with Gasteiger partial charge in [0, 0.05) is 25.7 Å². The van der Waals surface area contributed by atoms with Gasteiger partial charge < -0.3 is 25.4 Å². The summed E-state index contributed by atoms with van der Waals surface area (Å²) in [6.45, 7) is 9.80. The Labute approximate surface area is 169 Å². The molecular weight excluding hydrogens is 431 g/mol. The Bertz CT molecular complexity index is 518. The van der Waals surface area contributed by atoms with E-state index in [2.05, 4.69) is 22.3 Å². The van der Waals surface area contributed by atoms with Crippen LogP contribution >= 0.6 is 24.0 Å². The number of hydrogen-bond acceptors (Lipinski definition) is 4. The third-order valence-corrected chi connectivity index (χ3v) is 3.25. The summed E-state index contributed by atoms with van der Waals surface area (Å²) in [4.78, 5) is 6.55. The Morgan fingerprint density at radius 1 is 1.24 bits per heavy atom. The number of hydrogen-bond donors (Lipinski definition) is 2. The van der Waals surface area contributed by atoms with Crippen LogP contribution in [0.4, 0.5) is 0 Å². The average molecular weight is 464 g/mol. The Hall–Kier alpha value is -1.06. The maximum atomic E-state index is 5.89. The van der Waals surface area contributed by atoms with E-state index in [1.165, 1.54) is 0 Å². The van der Waals surface area contributed by atoms with Crippen LogP contribution in [0.2, 0.25) is 0 Å². The largest absolute Gasteiger partial charge is 0.492 e. The molecule has 0 bridgehead atoms. The third kappa shape index (κ3) is 12.0. The summed E-state index contributed by atoms with van der Waals surface area (Å²) in [7, 11) is 3.76. The maximum absolute atomic E-state index is 5.89. The quantitative estimate of drug-likeness (QED) is 0.334. The van der Waals surface area contributed by atoms with Gasteiger partial charge in [-0.05, 0) is 45.5 Å². The van der Waals surface area contributed by atoms with Gasteiger partial charge in [0.25, 0.3) is 0 Å². The van der Waals surface area contributed by atoms with E-state index in [1.807, 2.05) is 45.0 Å². The molecule has 0 fully saturated rings. The van der Waals surface area contributed by atoms with E-state index in [0.29, 0.717) is 19.1 Å². The molecule has 1 aromatic rings. The molecule has 0 aliphatic carbocycles. The summed E-state index contributed by atoms with van der Waals surface area (Å²) in [6.07, 6.45) is 0. The highest BCUT2D eigenvalue weighted by Crippen LogP contribution is 2.14. The van der Waals surface area contributed by atoms with Crippen molar-refractivity contribution < 1.29 is 9.47 Å². The second kappa shape index (κ2) is 12.3. The highest BCUT2D eigenvalue weighted by Gasteiger charge is 2.09. The minimum Gasteiger partial charge on any atom is -0.492 e. The predicted molar refractivity (Wildman–Crippen MR) is 115 cm³/mol. The molecule has 0 spiro atoms. The molecule has 0 aromatic heterocycles. The third-order valence-electron chi connectivity index (χ3n) is 3.25. The average Bonchev–Trinajstić information content (AvgIpc) is 2.50. The smallest absolute Gasteiger partial charge is 0.189 e. The second-order valence-corrected chi connectivity index (χ2v) is 6.87. The van der Waals surface area contributed by atoms with Crippen molar-refractivity contribution in [3.05, 3.63) is 29.8 Å². The summed E-state index contributed by atoms with van der Waals surface area (Å²) >= 11 is 0. The van der Waals surface area contributed by atoms with Crippen LogP contribution in [0.5, 0.6) is 5.75 Å². The van der Waals surface area contributed by atoms with E-state index in [4.69, 9.17) is 15.2 Å². The van der Waals surface area contributed by atoms with Crippen LogP contribution in [0, 0.1) is 0 Å². The van der Waals surface area contributed by atoms with Crippen molar-refractivity contribution in [2.75, 3.05) is 40.5 Å². The van der Waals surface area contributed by atoms with Gasteiger partial charge in [-0.25, -0.2) is 4.99 Å². The van der Waals surface area contributed by atoms with Gasteiger partial charge in [0.2, 0.25) is 0 Å². The van der Waals surface area contributed by atoms with Crippen LogP contribution in [-0.2, 0) is 11.3 Å². The Morgan fingerprint density at radius 2 is 1.92 bits per heavy atom. The van der Waals surface area contributed by atoms with Crippen LogP contribution in [-0.4, -0.2) is 56.9 Å². The molecular formula is C18H33IN4O2. The topological polar surface area (TPSA) is 72.1 Å². The maximum Gasteiger partial charge on any atom is 0.189 e. The number of ether oxygens (including phenoxy) is 2. The van der Waals surface area contributed by atoms with Crippen molar-refractivity contribution in [2.24, 2.45) is 10.7 Å². The van der Waals surface area contributed by atoms with Gasteiger partial charge in [-0.2, -0.15) is 0 Å². The highest BCUT2D eigenvalue weighted by molar-refractivity contribution is 14.0. The standard InChI is InChI=1S/C18H32N4O2.HI/c1-18(2,3)21-17(19)20-14-15-7-6-8-16(13-15)24-12-10-22(4)9-11-23-5;/h6-8,13H,9-12,14H2,1-5H3,(H3,19,20,21);1H. The predicted octanol–water partition coefficient (Wildman–Crippen LogP) is 2.46. The van der Waals surface area contributed by atoms with Crippen LogP contribution in [0.15, 0.2) is 29.3 Å². The van der Waals surface area contributed by atoms with Crippen molar-refractivity contribution in [1.82, 2.24) is 10.2 Å². The normalized spacial score (nSPS) is 12.0. The summed E-state index contributed by atoms with van der Waals surface area (Å²) in [5.41, 5.74) is 6.87. The number of methoxy groups -OCH3 is 1. The van der Waals surface area contributed by atoms with E-state index >= 15 is 0 Å². The van der Waals surface area contributed by atoms with Crippen LogP contribution < -0.4 is 15.8 Å². The number of halogens is 1.